The molecule has 4 aromatic rings. The van der Waals surface area contributed by atoms with Crippen LogP contribution in [0.15, 0.2) is 72.9 Å². The Morgan fingerprint density at radius 3 is 2.50 bits per heavy atom. The Balaban J connectivity index is 1.58. The average molecular weight is 506 g/mol. The number of sulfone groups is 1. The van der Waals surface area contributed by atoms with Gasteiger partial charge in [0.15, 0.2) is 9.84 Å². The number of halogens is 1. The Morgan fingerprint density at radius 1 is 1.03 bits per heavy atom. The zero-order valence-electron chi connectivity index (χ0n) is 19.5. The lowest BCUT2D eigenvalue weighted by Gasteiger charge is -2.12. The SMILES string of the molecule is CC(=O)Nc1cccc(-c2cn(-c3ccc(F)cc3)c3cc(C(=O)NC4CCS(=O)(=O)C4)ccc23)c1. The van der Waals surface area contributed by atoms with Crippen molar-refractivity contribution in [2.45, 2.75) is 19.4 Å². The highest BCUT2D eigenvalue weighted by molar-refractivity contribution is 7.91. The fourth-order valence-electron chi connectivity index (χ4n) is 4.56. The number of benzene rings is 3. The molecule has 2 amide bonds. The van der Waals surface area contributed by atoms with E-state index in [9.17, 15) is 22.4 Å². The average Bonchev–Trinajstić information content (AvgIpc) is 3.38. The molecular formula is C27H24FN3O4S. The minimum absolute atomic E-state index is 0.0538. The van der Waals surface area contributed by atoms with Crippen molar-refractivity contribution in [3.8, 4) is 16.8 Å². The van der Waals surface area contributed by atoms with Gasteiger partial charge in [-0.15, -0.1) is 0 Å². The summed E-state index contributed by atoms with van der Waals surface area (Å²) in [4.78, 5) is 24.5. The molecule has 1 aliphatic rings. The number of anilines is 1. The molecule has 0 radical (unpaired) electrons. The van der Waals surface area contributed by atoms with Crippen LogP contribution in [0.4, 0.5) is 10.1 Å². The van der Waals surface area contributed by atoms with Gasteiger partial charge in [-0.05, 0) is 60.5 Å². The number of hydrogen-bond donors (Lipinski definition) is 2. The van der Waals surface area contributed by atoms with E-state index in [0.717, 1.165) is 22.0 Å². The normalized spacial score (nSPS) is 16.7. The number of rotatable bonds is 5. The number of nitrogens with one attached hydrogen (secondary N) is 2. The molecule has 1 fully saturated rings. The second-order valence-corrected chi connectivity index (χ2v) is 11.2. The molecule has 9 heteroatoms. The van der Waals surface area contributed by atoms with Crippen molar-refractivity contribution in [2.75, 3.05) is 16.8 Å². The van der Waals surface area contributed by atoms with E-state index < -0.39 is 15.9 Å². The maximum atomic E-state index is 13.6. The van der Waals surface area contributed by atoms with Crippen LogP contribution in [0.1, 0.15) is 23.7 Å². The summed E-state index contributed by atoms with van der Waals surface area (Å²) in [6, 6.07) is 18.4. The quantitative estimate of drug-likeness (QED) is 0.422. The van der Waals surface area contributed by atoms with Crippen LogP contribution >= 0.6 is 0 Å². The van der Waals surface area contributed by atoms with Gasteiger partial charge in [0.1, 0.15) is 5.82 Å². The summed E-state index contributed by atoms with van der Waals surface area (Å²) in [7, 11) is -3.12. The molecule has 184 valence electrons. The molecule has 7 nitrogen and oxygen atoms in total. The lowest BCUT2D eigenvalue weighted by atomic mass is 10.0. The number of amides is 2. The molecule has 5 rings (SSSR count). The van der Waals surface area contributed by atoms with E-state index in [1.54, 1.807) is 30.3 Å². The summed E-state index contributed by atoms with van der Waals surface area (Å²) in [5.41, 5.74) is 4.23. The van der Waals surface area contributed by atoms with E-state index in [-0.39, 0.29) is 29.1 Å². The first-order valence-corrected chi connectivity index (χ1v) is 13.3. The fourth-order valence-corrected chi connectivity index (χ4v) is 6.23. The minimum atomic E-state index is -3.12. The highest BCUT2D eigenvalue weighted by Crippen LogP contribution is 2.34. The molecule has 2 N–H and O–H groups in total. The van der Waals surface area contributed by atoms with Crippen LogP contribution in [0, 0.1) is 5.82 Å². The topological polar surface area (TPSA) is 97.3 Å². The molecular weight excluding hydrogens is 481 g/mol. The van der Waals surface area contributed by atoms with Gasteiger partial charge in [-0.1, -0.05) is 18.2 Å². The van der Waals surface area contributed by atoms with E-state index in [2.05, 4.69) is 10.6 Å². The van der Waals surface area contributed by atoms with E-state index in [0.29, 0.717) is 23.4 Å². The number of aromatic nitrogens is 1. The Bertz CT molecular complexity index is 1590. The van der Waals surface area contributed by atoms with Crippen molar-refractivity contribution >= 4 is 38.2 Å². The van der Waals surface area contributed by atoms with Gasteiger partial charge in [-0.2, -0.15) is 0 Å². The zero-order valence-corrected chi connectivity index (χ0v) is 20.3. The van der Waals surface area contributed by atoms with Crippen LogP contribution < -0.4 is 10.6 Å². The van der Waals surface area contributed by atoms with Crippen LogP contribution in [-0.4, -0.2) is 42.3 Å². The van der Waals surface area contributed by atoms with Crippen molar-refractivity contribution in [2.24, 2.45) is 0 Å². The molecule has 3 aromatic carbocycles. The van der Waals surface area contributed by atoms with Gasteiger partial charge < -0.3 is 15.2 Å². The standard InChI is InChI=1S/C27H24FN3O4S/c1-17(32)29-21-4-2-3-18(13-21)25-15-31(23-8-6-20(28)7-9-23)26-14-19(5-10-24(25)26)27(33)30-22-11-12-36(34,35)16-22/h2-10,13-15,22H,11-12,16H2,1H3,(H,29,32)(H,30,33). The summed E-state index contributed by atoms with van der Waals surface area (Å²) in [6.45, 7) is 1.45. The van der Waals surface area contributed by atoms with Crippen LogP contribution in [0.3, 0.4) is 0 Å². The van der Waals surface area contributed by atoms with Gasteiger partial charge >= 0.3 is 0 Å². The van der Waals surface area contributed by atoms with Gasteiger partial charge in [0.2, 0.25) is 5.91 Å². The van der Waals surface area contributed by atoms with Crippen LogP contribution in [0.2, 0.25) is 0 Å². The van der Waals surface area contributed by atoms with E-state index in [4.69, 9.17) is 0 Å². The maximum Gasteiger partial charge on any atom is 0.251 e. The van der Waals surface area contributed by atoms with Crippen molar-refractivity contribution in [1.29, 1.82) is 0 Å². The van der Waals surface area contributed by atoms with Gasteiger partial charge in [0.05, 0.1) is 17.0 Å². The van der Waals surface area contributed by atoms with E-state index in [1.165, 1.54) is 19.1 Å². The van der Waals surface area contributed by atoms with E-state index in [1.807, 2.05) is 35.0 Å². The zero-order chi connectivity index (χ0) is 25.4. The molecule has 0 aliphatic carbocycles. The predicted octanol–water partition coefficient (Wildman–Crippen LogP) is 4.31. The molecule has 1 unspecified atom stereocenters. The molecule has 1 saturated heterocycles. The predicted molar refractivity (Wildman–Crippen MR) is 137 cm³/mol. The van der Waals surface area contributed by atoms with E-state index >= 15 is 0 Å². The van der Waals surface area contributed by atoms with Crippen molar-refractivity contribution in [3.63, 3.8) is 0 Å². The largest absolute Gasteiger partial charge is 0.348 e. The number of carbonyl (C=O) groups is 2. The fraction of sp³-hybridized carbons (Fsp3) is 0.185. The third-order valence-corrected chi connectivity index (χ3v) is 8.00. The summed E-state index contributed by atoms with van der Waals surface area (Å²) < 4.78 is 39.0. The first-order valence-electron chi connectivity index (χ1n) is 11.5. The molecule has 0 bridgehead atoms. The Kier molecular flexibility index (Phi) is 6.09. The van der Waals surface area contributed by atoms with Crippen molar-refractivity contribution in [3.05, 3.63) is 84.3 Å². The van der Waals surface area contributed by atoms with Crippen molar-refractivity contribution in [1.82, 2.24) is 9.88 Å². The second kappa shape index (κ2) is 9.23. The monoisotopic (exact) mass is 505 g/mol. The molecule has 0 spiro atoms. The van der Waals surface area contributed by atoms with Gasteiger partial charge in [0, 0.05) is 47.1 Å². The summed E-state index contributed by atoms with van der Waals surface area (Å²) >= 11 is 0. The third-order valence-electron chi connectivity index (χ3n) is 6.23. The minimum Gasteiger partial charge on any atom is -0.348 e. The highest BCUT2D eigenvalue weighted by Gasteiger charge is 2.29. The summed E-state index contributed by atoms with van der Waals surface area (Å²) in [6.07, 6.45) is 2.31. The second-order valence-electron chi connectivity index (χ2n) is 8.96. The molecule has 1 atom stereocenters. The number of carbonyl (C=O) groups excluding carboxylic acids is 2. The summed E-state index contributed by atoms with van der Waals surface area (Å²) in [5, 5.41) is 6.48. The Labute approximate surface area is 207 Å². The van der Waals surface area contributed by atoms with Crippen LogP contribution in [0.25, 0.3) is 27.7 Å². The Morgan fingerprint density at radius 2 is 1.81 bits per heavy atom. The molecule has 1 aromatic heterocycles. The molecule has 2 heterocycles. The lowest BCUT2D eigenvalue weighted by Crippen LogP contribution is -2.35. The smallest absolute Gasteiger partial charge is 0.251 e. The first-order chi connectivity index (χ1) is 17.2. The van der Waals surface area contributed by atoms with Gasteiger partial charge in [-0.3, -0.25) is 9.59 Å². The molecule has 1 aliphatic heterocycles. The highest BCUT2D eigenvalue weighted by atomic mass is 32.2. The Hall–Kier alpha value is -3.98. The summed E-state index contributed by atoms with van der Waals surface area (Å²) in [5.74, 6) is -0.857. The van der Waals surface area contributed by atoms with Gasteiger partial charge in [0.25, 0.3) is 5.91 Å². The lowest BCUT2D eigenvalue weighted by molar-refractivity contribution is -0.114. The molecule has 0 saturated carbocycles. The van der Waals surface area contributed by atoms with Crippen LogP contribution in [-0.2, 0) is 14.6 Å². The first kappa shape index (κ1) is 23.7. The van der Waals surface area contributed by atoms with Gasteiger partial charge in [-0.25, -0.2) is 12.8 Å². The van der Waals surface area contributed by atoms with Crippen molar-refractivity contribution < 1.29 is 22.4 Å². The number of fused-ring (bicyclic) bond motifs is 1. The third kappa shape index (κ3) is 4.87. The number of hydrogen-bond acceptors (Lipinski definition) is 4. The maximum absolute atomic E-state index is 13.6. The number of nitrogens with zero attached hydrogens (tertiary/aromatic N) is 1. The van der Waals surface area contributed by atoms with Crippen LogP contribution in [0.5, 0.6) is 0 Å². The molecule has 36 heavy (non-hydrogen) atoms.